The van der Waals surface area contributed by atoms with Crippen LogP contribution in [0.25, 0.3) is 0 Å². The summed E-state index contributed by atoms with van der Waals surface area (Å²) in [5.74, 6) is 0.680. The zero-order valence-corrected chi connectivity index (χ0v) is 9.95. The second-order valence-electron chi connectivity index (χ2n) is 5.21. The minimum atomic E-state index is 0.317. The average molecular weight is 212 g/mol. The summed E-state index contributed by atoms with van der Waals surface area (Å²) in [4.78, 5) is 4.76. The molecule has 88 valence electrons. The monoisotopic (exact) mass is 212 g/mol. The third kappa shape index (κ3) is 2.69. The van der Waals surface area contributed by atoms with Gasteiger partial charge in [-0.2, -0.15) is 0 Å². The van der Waals surface area contributed by atoms with Crippen molar-refractivity contribution in [2.45, 2.75) is 18.5 Å². The van der Waals surface area contributed by atoms with Crippen molar-refractivity contribution in [1.82, 2.24) is 15.1 Å². The van der Waals surface area contributed by atoms with Crippen molar-refractivity contribution in [2.75, 3.05) is 46.8 Å². The van der Waals surface area contributed by atoms with Gasteiger partial charge in [0, 0.05) is 38.3 Å². The van der Waals surface area contributed by atoms with Crippen LogP contribution in [0.5, 0.6) is 0 Å². The summed E-state index contributed by atoms with van der Waals surface area (Å²) < 4.78 is 0. The highest BCUT2D eigenvalue weighted by Gasteiger charge is 2.32. The second-order valence-corrected chi connectivity index (χ2v) is 5.21. The van der Waals surface area contributed by atoms with E-state index in [9.17, 15) is 0 Å². The van der Waals surface area contributed by atoms with Crippen LogP contribution >= 0.6 is 0 Å². The summed E-state index contributed by atoms with van der Waals surface area (Å²) >= 11 is 0. The minimum Gasteiger partial charge on any atom is -0.326 e. The van der Waals surface area contributed by atoms with Gasteiger partial charge >= 0.3 is 0 Å². The normalized spacial score (nSPS) is 37.0. The first-order chi connectivity index (χ1) is 7.16. The molecule has 2 fully saturated rings. The van der Waals surface area contributed by atoms with Gasteiger partial charge in [-0.25, -0.2) is 0 Å². The molecule has 2 aliphatic heterocycles. The minimum absolute atomic E-state index is 0.317. The van der Waals surface area contributed by atoms with Crippen molar-refractivity contribution in [3.63, 3.8) is 0 Å². The van der Waals surface area contributed by atoms with Gasteiger partial charge < -0.3 is 20.9 Å². The zero-order chi connectivity index (χ0) is 10.8. The quantitative estimate of drug-likeness (QED) is 0.627. The van der Waals surface area contributed by atoms with Crippen LogP contribution in [0.1, 0.15) is 6.42 Å². The van der Waals surface area contributed by atoms with Crippen molar-refractivity contribution in [3.05, 3.63) is 0 Å². The molecular formula is C11H24N4. The first-order valence-electron chi connectivity index (χ1n) is 6.03. The molecule has 2 rings (SSSR count). The lowest BCUT2D eigenvalue weighted by Gasteiger charge is -2.36. The van der Waals surface area contributed by atoms with Gasteiger partial charge in [0.05, 0.1) is 0 Å². The Labute approximate surface area is 92.8 Å². The van der Waals surface area contributed by atoms with Crippen molar-refractivity contribution in [1.29, 1.82) is 0 Å². The van der Waals surface area contributed by atoms with Crippen LogP contribution in [0.3, 0.4) is 0 Å². The molecule has 0 spiro atoms. The van der Waals surface area contributed by atoms with Crippen LogP contribution in [0, 0.1) is 5.92 Å². The number of likely N-dealkylation sites (tertiary alicyclic amines) is 1. The predicted octanol–water partition coefficient (Wildman–Crippen LogP) is -0.831. The molecule has 4 nitrogen and oxygen atoms in total. The predicted molar refractivity (Wildman–Crippen MR) is 62.9 cm³/mol. The van der Waals surface area contributed by atoms with Crippen LogP contribution in [-0.4, -0.2) is 68.7 Å². The van der Waals surface area contributed by atoms with Gasteiger partial charge in [-0.15, -0.1) is 0 Å². The zero-order valence-electron chi connectivity index (χ0n) is 9.95. The molecule has 2 heterocycles. The number of rotatable bonds is 2. The summed E-state index contributed by atoms with van der Waals surface area (Å²) in [6, 6.07) is 0.804. The highest BCUT2D eigenvalue weighted by atomic mass is 15.2. The van der Waals surface area contributed by atoms with Gasteiger partial charge in [0.15, 0.2) is 0 Å². The maximum absolute atomic E-state index is 6.36. The van der Waals surface area contributed by atoms with E-state index in [1.54, 1.807) is 0 Å². The maximum Gasteiger partial charge on any atom is 0.0350 e. The Balaban J connectivity index is 1.86. The Morgan fingerprint density at radius 3 is 2.53 bits per heavy atom. The molecule has 3 N–H and O–H groups in total. The third-order valence-electron chi connectivity index (χ3n) is 3.85. The summed E-state index contributed by atoms with van der Waals surface area (Å²) in [6.45, 7) is 5.70. The van der Waals surface area contributed by atoms with Crippen LogP contribution in [0.2, 0.25) is 0 Å². The molecule has 0 saturated carbocycles. The highest BCUT2D eigenvalue weighted by Crippen LogP contribution is 2.19. The summed E-state index contributed by atoms with van der Waals surface area (Å²) in [6.07, 6.45) is 1.26. The molecule has 2 saturated heterocycles. The number of nitrogens with one attached hydrogen (secondary N) is 1. The molecule has 0 aromatic rings. The van der Waals surface area contributed by atoms with Crippen LogP contribution in [0.4, 0.5) is 0 Å². The standard InChI is InChI=1S/C11H24N4/c1-14-5-3-9(7-14)11(12)10-8-15(2)6-4-13-10/h9-11,13H,3-8,12H2,1-2H3. The summed E-state index contributed by atoms with van der Waals surface area (Å²) in [7, 11) is 4.37. The van der Waals surface area contributed by atoms with Gasteiger partial charge in [0.25, 0.3) is 0 Å². The van der Waals surface area contributed by atoms with E-state index in [1.807, 2.05) is 0 Å². The summed E-state index contributed by atoms with van der Waals surface area (Å²) in [5, 5.41) is 3.56. The van der Waals surface area contributed by atoms with E-state index in [1.165, 1.54) is 19.5 Å². The van der Waals surface area contributed by atoms with E-state index < -0.39 is 0 Å². The SMILES string of the molecule is CN1CCC(C(N)C2CN(C)CCN2)C1. The first-order valence-corrected chi connectivity index (χ1v) is 6.03. The molecule has 0 bridgehead atoms. The van der Waals surface area contributed by atoms with Crippen LogP contribution in [-0.2, 0) is 0 Å². The number of hydrogen-bond acceptors (Lipinski definition) is 4. The number of hydrogen-bond donors (Lipinski definition) is 2. The van der Waals surface area contributed by atoms with E-state index >= 15 is 0 Å². The van der Waals surface area contributed by atoms with Gasteiger partial charge in [-0.1, -0.05) is 0 Å². The fraction of sp³-hybridized carbons (Fsp3) is 1.00. The molecule has 4 heteroatoms. The van der Waals surface area contributed by atoms with E-state index in [-0.39, 0.29) is 0 Å². The Morgan fingerprint density at radius 1 is 1.20 bits per heavy atom. The van der Waals surface area contributed by atoms with E-state index in [0.29, 0.717) is 18.0 Å². The molecule has 0 aliphatic carbocycles. The second kappa shape index (κ2) is 4.78. The van der Waals surface area contributed by atoms with E-state index in [2.05, 4.69) is 29.2 Å². The Bertz CT molecular complexity index is 209. The average Bonchev–Trinajstić information content (AvgIpc) is 2.64. The third-order valence-corrected chi connectivity index (χ3v) is 3.85. The molecule has 3 atom stereocenters. The van der Waals surface area contributed by atoms with Crippen molar-refractivity contribution in [2.24, 2.45) is 11.7 Å². The summed E-state index contributed by atoms with van der Waals surface area (Å²) in [5.41, 5.74) is 6.36. The number of nitrogens with zero attached hydrogens (tertiary/aromatic N) is 2. The van der Waals surface area contributed by atoms with Gasteiger partial charge in [-0.05, 0) is 33.0 Å². The lowest BCUT2D eigenvalue weighted by molar-refractivity contribution is 0.196. The van der Waals surface area contributed by atoms with Gasteiger partial charge in [-0.3, -0.25) is 0 Å². The van der Waals surface area contributed by atoms with Gasteiger partial charge in [0.1, 0.15) is 0 Å². The smallest absolute Gasteiger partial charge is 0.0350 e. The molecular weight excluding hydrogens is 188 g/mol. The van der Waals surface area contributed by atoms with Gasteiger partial charge in [0.2, 0.25) is 0 Å². The lowest BCUT2D eigenvalue weighted by atomic mass is 9.92. The lowest BCUT2D eigenvalue weighted by Crippen LogP contribution is -2.59. The molecule has 15 heavy (non-hydrogen) atoms. The molecule has 0 aromatic carbocycles. The Kier molecular flexibility index (Phi) is 3.61. The fourth-order valence-corrected chi connectivity index (χ4v) is 2.80. The fourth-order valence-electron chi connectivity index (χ4n) is 2.80. The first kappa shape index (κ1) is 11.3. The Hall–Kier alpha value is -0.160. The maximum atomic E-state index is 6.36. The molecule has 0 radical (unpaired) electrons. The van der Waals surface area contributed by atoms with Crippen molar-refractivity contribution < 1.29 is 0 Å². The highest BCUT2D eigenvalue weighted by molar-refractivity contribution is 4.92. The molecule has 0 aromatic heterocycles. The van der Waals surface area contributed by atoms with Crippen LogP contribution in [0.15, 0.2) is 0 Å². The van der Waals surface area contributed by atoms with E-state index in [4.69, 9.17) is 5.73 Å². The molecule has 2 aliphatic rings. The molecule has 0 amide bonds. The Morgan fingerprint density at radius 2 is 1.93 bits per heavy atom. The molecule has 3 unspecified atom stereocenters. The largest absolute Gasteiger partial charge is 0.326 e. The number of nitrogens with two attached hydrogens (primary N) is 1. The van der Waals surface area contributed by atoms with Crippen molar-refractivity contribution >= 4 is 0 Å². The number of piperazine rings is 1. The van der Waals surface area contributed by atoms with Crippen molar-refractivity contribution in [3.8, 4) is 0 Å². The topological polar surface area (TPSA) is 44.5 Å². The number of likely N-dealkylation sites (N-methyl/N-ethyl adjacent to an activating group) is 1. The van der Waals surface area contributed by atoms with E-state index in [0.717, 1.165) is 19.6 Å². The van der Waals surface area contributed by atoms with Crippen LogP contribution < -0.4 is 11.1 Å².